The summed E-state index contributed by atoms with van der Waals surface area (Å²) in [6.45, 7) is 2.55. The van der Waals surface area contributed by atoms with Gasteiger partial charge < -0.3 is 24.8 Å². The zero-order chi connectivity index (χ0) is 18.3. The van der Waals surface area contributed by atoms with Gasteiger partial charge in [-0.05, 0) is 26.2 Å². The fourth-order valence-corrected chi connectivity index (χ4v) is 3.21. The van der Waals surface area contributed by atoms with E-state index in [1.165, 1.54) is 51.4 Å². The van der Waals surface area contributed by atoms with Crippen LogP contribution in [0.25, 0.3) is 0 Å². The Kier molecular flexibility index (Phi) is 13.3. The first-order valence-corrected chi connectivity index (χ1v) is 10.0. The van der Waals surface area contributed by atoms with Crippen molar-refractivity contribution in [1.29, 1.82) is 0 Å². The summed E-state index contributed by atoms with van der Waals surface area (Å²) in [6.07, 6.45) is 13.9. The molecule has 0 aromatic rings. The summed E-state index contributed by atoms with van der Waals surface area (Å²) in [4.78, 5) is 0. The van der Waals surface area contributed by atoms with Crippen LogP contribution in [0.15, 0.2) is 12.2 Å². The first-order valence-electron chi connectivity index (χ1n) is 10.0. The van der Waals surface area contributed by atoms with E-state index in [4.69, 9.17) is 14.6 Å². The van der Waals surface area contributed by atoms with Crippen molar-refractivity contribution in [3.05, 3.63) is 12.2 Å². The SMILES string of the molecule is C/C=C/CCCCCCCCCCCO[C@@H]1CO[C@@H]([C@@H](O)CO)[C@H]1O. The average molecular weight is 359 g/mol. The molecule has 0 unspecified atom stereocenters. The minimum Gasteiger partial charge on any atom is -0.394 e. The van der Waals surface area contributed by atoms with Crippen molar-refractivity contribution < 1.29 is 24.8 Å². The molecule has 0 spiro atoms. The molecule has 1 aliphatic heterocycles. The number of unbranched alkanes of at least 4 members (excludes halogenated alkanes) is 9. The number of ether oxygens (including phenoxy) is 2. The highest BCUT2D eigenvalue weighted by Crippen LogP contribution is 2.20. The van der Waals surface area contributed by atoms with Gasteiger partial charge in [-0.25, -0.2) is 0 Å². The van der Waals surface area contributed by atoms with Gasteiger partial charge in [0.05, 0.1) is 13.2 Å². The van der Waals surface area contributed by atoms with E-state index < -0.39 is 31.0 Å². The zero-order valence-electron chi connectivity index (χ0n) is 15.8. The fourth-order valence-electron chi connectivity index (χ4n) is 3.21. The Balaban J connectivity index is 1.88. The highest BCUT2D eigenvalue weighted by atomic mass is 16.6. The van der Waals surface area contributed by atoms with Gasteiger partial charge in [-0.1, -0.05) is 57.1 Å². The van der Waals surface area contributed by atoms with E-state index in [-0.39, 0.29) is 6.61 Å². The topological polar surface area (TPSA) is 79.2 Å². The Morgan fingerprint density at radius 2 is 1.64 bits per heavy atom. The fraction of sp³-hybridized carbons (Fsp3) is 0.900. The lowest BCUT2D eigenvalue weighted by Gasteiger charge is -2.20. The molecule has 1 rings (SSSR count). The Morgan fingerprint density at radius 3 is 2.24 bits per heavy atom. The summed E-state index contributed by atoms with van der Waals surface area (Å²) in [5.74, 6) is 0. The van der Waals surface area contributed by atoms with Gasteiger partial charge in [-0.2, -0.15) is 0 Å². The number of rotatable bonds is 15. The third-order valence-corrected chi connectivity index (χ3v) is 4.82. The van der Waals surface area contributed by atoms with Crippen molar-refractivity contribution in [2.75, 3.05) is 19.8 Å². The number of aliphatic hydroxyl groups is 3. The monoisotopic (exact) mass is 358 g/mol. The third-order valence-electron chi connectivity index (χ3n) is 4.82. The van der Waals surface area contributed by atoms with Crippen LogP contribution in [0, 0.1) is 0 Å². The molecule has 0 radical (unpaired) electrons. The van der Waals surface area contributed by atoms with Crippen molar-refractivity contribution in [3.8, 4) is 0 Å². The lowest BCUT2D eigenvalue weighted by molar-refractivity contribution is -0.0730. The molecule has 0 saturated carbocycles. The van der Waals surface area contributed by atoms with Crippen LogP contribution in [0.4, 0.5) is 0 Å². The van der Waals surface area contributed by atoms with Crippen LogP contribution >= 0.6 is 0 Å². The van der Waals surface area contributed by atoms with E-state index in [1.54, 1.807) is 0 Å². The van der Waals surface area contributed by atoms with E-state index in [9.17, 15) is 10.2 Å². The van der Waals surface area contributed by atoms with Crippen LogP contribution < -0.4 is 0 Å². The summed E-state index contributed by atoms with van der Waals surface area (Å²) >= 11 is 0. The molecule has 0 aromatic heterocycles. The Bertz CT molecular complexity index is 334. The van der Waals surface area contributed by atoms with E-state index in [2.05, 4.69) is 19.1 Å². The minimum absolute atomic E-state index is 0.275. The van der Waals surface area contributed by atoms with Gasteiger partial charge in [0.15, 0.2) is 0 Å². The van der Waals surface area contributed by atoms with Crippen LogP contribution in [-0.2, 0) is 9.47 Å². The summed E-state index contributed by atoms with van der Waals surface area (Å²) in [5, 5.41) is 28.5. The van der Waals surface area contributed by atoms with Gasteiger partial charge in [-0.3, -0.25) is 0 Å². The summed E-state index contributed by atoms with van der Waals surface area (Å²) in [7, 11) is 0. The average Bonchev–Trinajstić information content (AvgIpc) is 2.99. The van der Waals surface area contributed by atoms with E-state index >= 15 is 0 Å². The quantitative estimate of drug-likeness (QED) is 0.310. The van der Waals surface area contributed by atoms with Gasteiger partial charge >= 0.3 is 0 Å². The van der Waals surface area contributed by atoms with E-state index in [1.807, 2.05) is 0 Å². The molecule has 148 valence electrons. The van der Waals surface area contributed by atoms with E-state index in [0.717, 1.165) is 12.8 Å². The maximum Gasteiger partial charge on any atom is 0.114 e. The van der Waals surface area contributed by atoms with Gasteiger partial charge in [-0.15, -0.1) is 0 Å². The molecule has 0 amide bonds. The minimum atomic E-state index is -1.05. The number of hydrogen-bond acceptors (Lipinski definition) is 5. The highest BCUT2D eigenvalue weighted by Gasteiger charge is 2.40. The maximum atomic E-state index is 10.0. The van der Waals surface area contributed by atoms with Crippen LogP contribution in [0.3, 0.4) is 0 Å². The number of hydrogen-bond donors (Lipinski definition) is 3. The van der Waals surface area contributed by atoms with Gasteiger partial charge in [0, 0.05) is 6.61 Å². The lowest BCUT2D eigenvalue weighted by Crippen LogP contribution is -2.41. The van der Waals surface area contributed by atoms with Crippen LogP contribution in [0.1, 0.15) is 71.1 Å². The molecule has 25 heavy (non-hydrogen) atoms. The molecule has 5 nitrogen and oxygen atoms in total. The van der Waals surface area contributed by atoms with Crippen molar-refractivity contribution in [3.63, 3.8) is 0 Å². The molecule has 1 aliphatic rings. The molecule has 5 heteroatoms. The van der Waals surface area contributed by atoms with Crippen molar-refractivity contribution in [2.24, 2.45) is 0 Å². The smallest absolute Gasteiger partial charge is 0.114 e. The molecular formula is C20H38O5. The normalized spacial score (nSPS) is 25.0. The molecular weight excluding hydrogens is 320 g/mol. The van der Waals surface area contributed by atoms with Crippen LogP contribution in [-0.4, -0.2) is 59.6 Å². The van der Waals surface area contributed by atoms with Crippen LogP contribution in [0.2, 0.25) is 0 Å². The Morgan fingerprint density at radius 1 is 1.04 bits per heavy atom. The molecule has 0 bridgehead atoms. The first kappa shape index (κ1) is 22.6. The Labute approximate surface area is 153 Å². The summed E-state index contributed by atoms with van der Waals surface area (Å²) in [5.41, 5.74) is 0. The van der Waals surface area contributed by atoms with Crippen LogP contribution in [0.5, 0.6) is 0 Å². The number of allylic oxidation sites excluding steroid dienone is 2. The van der Waals surface area contributed by atoms with Crippen molar-refractivity contribution in [2.45, 2.75) is 95.5 Å². The molecule has 0 aliphatic carbocycles. The molecule has 3 N–H and O–H groups in total. The molecule has 1 heterocycles. The van der Waals surface area contributed by atoms with Gasteiger partial charge in [0.25, 0.3) is 0 Å². The summed E-state index contributed by atoms with van der Waals surface area (Å²) in [6, 6.07) is 0. The van der Waals surface area contributed by atoms with Crippen molar-refractivity contribution in [1.82, 2.24) is 0 Å². The molecule has 0 aromatic carbocycles. The highest BCUT2D eigenvalue weighted by molar-refractivity contribution is 4.88. The first-order chi connectivity index (χ1) is 12.2. The predicted octanol–water partition coefficient (Wildman–Crippen LogP) is 2.96. The molecule has 4 atom stereocenters. The second-order valence-electron chi connectivity index (χ2n) is 6.99. The van der Waals surface area contributed by atoms with Gasteiger partial charge in [0.2, 0.25) is 0 Å². The largest absolute Gasteiger partial charge is 0.394 e. The zero-order valence-corrected chi connectivity index (χ0v) is 15.8. The second-order valence-corrected chi connectivity index (χ2v) is 6.99. The second kappa shape index (κ2) is 14.7. The van der Waals surface area contributed by atoms with E-state index in [0.29, 0.717) is 6.61 Å². The van der Waals surface area contributed by atoms with Gasteiger partial charge in [0.1, 0.15) is 24.4 Å². The maximum absolute atomic E-state index is 10.0. The third kappa shape index (κ3) is 9.71. The number of aliphatic hydroxyl groups excluding tert-OH is 3. The molecule has 1 saturated heterocycles. The lowest BCUT2D eigenvalue weighted by atomic mass is 10.1. The molecule has 1 fully saturated rings. The standard InChI is InChI=1S/C20H38O5/c1-2-3-4-5-6-7-8-9-10-11-12-13-14-24-18-16-25-20(19(18)23)17(22)15-21/h2-3,17-23H,4-16H2,1H3/b3-2+/t17-,18+,19-,20-/m0/s1. The summed E-state index contributed by atoms with van der Waals surface area (Å²) < 4.78 is 11.0. The predicted molar refractivity (Wildman–Crippen MR) is 99.6 cm³/mol. The Hall–Kier alpha value is -0.460. The van der Waals surface area contributed by atoms with Crippen molar-refractivity contribution >= 4 is 0 Å².